The Bertz CT molecular complexity index is 1060. The Hall–Kier alpha value is -2.42. The van der Waals surface area contributed by atoms with Crippen molar-refractivity contribution in [2.45, 2.75) is 37.6 Å². The number of sulfonamides is 1. The highest BCUT2D eigenvalue weighted by atomic mass is 35.5. The fourth-order valence-corrected chi connectivity index (χ4v) is 5.42. The Morgan fingerprint density at radius 2 is 1.93 bits per heavy atom. The summed E-state index contributed by atoms with van der Waals surface area (Å²) in [5.74, 6) is -1.02. The van der Waals surface area contributed by atoms with Crippen molar-refractivity contribution in [1.82, 2.24) is 4.31 Å². The van der Waals surface area contributed by atoms with Crippen LogP contribution in [0.3, 0.4) is 0 Å². The molecule has 1 fully saturated rings. The number of carbonyl (C=O) groups is 2. The third-order valence-corrected chi connectivity index (χ3v) is 7.25. The molecule has 1 N–H and O–H groups in total. The molecule has 1 heterocycles. The van der Waals surface area contributed by atoms with E-state index in [1.165, 1.54) is 12.1 Å². The molecule has 0 saturated carbocycles. The lowest BCUT2D eigenvalue weighted by Crippen LogP contribution is -2.41. The van der Waals surface area contributed by atoms with E-state index in [0.717, 1.165) is 4.31 Å². The van der Waals surface area contributed by atoms with Gasteiger partial charge < -0.3 is 10.1 Å². The SMILES string of the molecule is CCOC(=O)[C@@H]1CCCN1S(=O)(=O)c1cc(Cl)c(C)cc1NC(=O)c1ccccc1. The third-order valence-electron chi connectivity index (χ3n) is 4.89. The van der Waals surface area contributed by atoms with Crippen LogP contribution in [0.1, 0.15) is 35.7 Å². The first kappa shape index (κ1) is 22.3. The van der Waals surface area contributed by atoms with Crippen LogP contribution in [-0.4, -0.2) is 43.8 Å². The maximum absolute atomic E-state index is 13.5. The number of hydrogen-bond donors (Lipinski definition) is 1. The number of halogens is 1. The van der Waals surface area contributed by atoms with Crippen LogP contribution in [0, 0.1) is 6.92 Å². The lowest BCUT2D eigenvalue weighted by atomic mass is 10.2. The molecule has 7 nitrogen and oxygen atoms in total. The summed E-state index contributed by atoms with van der Waals surface area (Å²) < 4.78 is 33.1. The molecule has 1 atom stereocenters. The van der Waals surface area contributed by atoms with Crippen molar-refractivity contribution < 1.29 is 22.7 Å². The van der Waals surface area contributed by atoms with E-state index in [0.29, 0.717) is 24.0 Å². The predicted octanol–water partition coefficient (Wildman–Crippen LogP) is 3.62. The summed E-state index contributed by atoms with van der Waals surface area (Å²) in [4.78, 5) is 24.8. The Balaban J connectivity index is 2.01. The molecule has 1 saturated heterocycles. The van der Waals surface area contributed by atoms with Gasteiger partial charge >= 0.3 is 5.97 Å². The highest BCUT2D eigenvalue weighted by molar-refractivity contribution is 7.89. The molecule has 30 heavy (non-hydrogen) atoms. The number of benzene rings is 2. The fraction of sp³-hybridized carbons (Fsp3) is 0.333. The second kappa shape index (κ2) is 9.16. The Labute approximate surface area is 181 Å². The topological polar surface area (TPSA) is 92.8 Å². The minimum absolute atomic E-state index is 0.111. The summed E-state index contributed by atoms with van der Waals surface area (Å²) in [6.45, 7) is 3.73. The number of ether oxygens (including phenoxy) is 1. The number of hydrogen-bond acceptors (Lipinski definition) is 5. The largest absolute Gasteiger partial charge is 0.465 e. The molecule has 0 aromatic heterocycles. The van der Waals surface area contributed by atoms with Crippen LogP contribution < -0.4 is 5.32 Å². The smallest absolute Gasteiger partial charge is 0.324 e. The van der Waals surface area contributed by atoms with Crippen LogP contribution in [0.2, 0.25) is 5.02 Å². The molecule has 0 radical (unpaired) electrons. The number of esters is 1. The maximum atomic E-state index is 13.5. The molecule has 160 valence electrons. The van der Waals surface area contributed by atoms with Crippen molar-refractivity contribution in [2.24, 2.45) is 0 Å². The molecule has 9 heteroatoms. The summed E-state index contributed by atoms with van der Waals surface area (Å²) >= 11 is 6.21. The first-order valence-corrected chi connectivity index (χ1v) is 11.4. The van der Waals surface area contributed by atoms with E-state index >= 15 is 0 Å². The second-order valence-electron chi connectivity index (χ2n) is 6.94. The first-order valence-electron chi connectivity index (χ1n) is 9.60. The van der Waals surface area contributed by atoms with Crippen molar-refractivity contribution in [1.29, 1.82) is 0 Å². The van der Waals surface area contributed by atoms with Crippen molar-refractivity contribution >= 4 is 39.2 Å². The van der Waals surface area contributed by atoms with Gasteiger partial charge in [0.15, 0.2) is 0 Å². The van der Waals surface area contributed by atoms with Gasteiger partial charge in [-0.3, -0.25) is 9.59 Å². The van der Waals surface area contributed by atoms with Gasteiger partial charge in [-0.15, -0.1) is 0 Å². The van der Waals surface area contributed by atoms with Crippen LogP contribution in [0.4, 0.5) is 5.69 Å². The van der Waals surface area contributed by atoms with Crippen LogP contribution in [0.5, 0.6) is 0 Å². The molecule has 1 aliphatic heterocycles. The highest BCUT2D eigenvalue weighted by Gasteiger charge is 2.41. The Kier molecular flexibility index (Phi) is 6.80. The molecule has 0 spiro atoms. The average Bonchev–Trinajstić information content (AvgIpc) is 3.22. The number of nitrogens with zero attached hydrogens (tertiary/aromatic N) is 1. The molecule has 0 bridgehead atoms. The monoisotopic (exact) mass is 450 g/mol. The molecular weight excluding hydrogens is 428 g/mol. The van der Waals surface area contributed by atoms with E-state index in [2.05, 4.69) is 5.32 Å². The van der Waals surface area contributed by atoms with Gasteiger partial charge in [0.1, 0.15) is 10.9 Å². The van der Waals surface area contributed by atoms with Gasteiger partial charge in [-0.1, -0.05) is 29.8 Å². The third kappa shape index (κ3) is 4.50. The van der Waals surface area contributed by atoms with Crippen LogP contribution >= 0.6 is 11.6 Å². The standard InChI is InChI=1S/C21H23ClN2O5S/c1-3-29-21(26)18-10-7-11-24(18)30(27,28)19-13-16(22)14(2)12-17(19)23-20(25)15-8-5-4-6-9-15/h4-6,8-9,12-13,18H,3,7,10-11H2,1-2H3,(H,23,25)/t18-/m0/s1. The molecule has 3 rings (SSSR count). The van der Waals surface area contributed by atoms with Gasteiger partial charge in [-0.2, -0.15) is 4.31 Å². The minimum Gasteiger partial charge on any atom is -0.465 e. The van der Waals surface area contributed by atoms with Crippen LogP contribution in [0.25, 0.3) is 0 Å². The normalized spacial score (nSPS) is 17.0. The minimum atomic E-state index is -4.12. The molecule has 2 aromatic carbocycles. The fourth-order valence-electron chi connectivity index (χ4n) is 3.39. The average molecular weight is 451 g/mol. The molecular formula is C21H23ClN2O5S. The van der Waals surface area contributed by atoms with E-state index < -0.39 is 27.9 Å². The molecule has 0 aliphatic carbocycles. The number of amides is 1. The van der Waals surface area contributed by atoms with Gasteiger partial charge in [0, 0.05) is 17.1 Å². The van der Waals surface area contributed by atoms with Crippen molar-refractivity contribution in [3.8, 4) is 0 Å². The zero-order chi connectivity index (χ0) is 21.9. The molecule has 0 unspecified atom stereocenters. The number of anilines is 1. The van der Waals surface area contributed by atoms with Gasteiger partial charge in [-0.25, -0.2) is 8.42 Å². The second-order valence-corrected chi connectivity index (χ2v) is 9.21. The molecule has 2 aromatic rings. The Morgan fingerprint density at radius 3 is 2.60 bits per heavy atom. The molecule has 1 aliphatic rings. The van der Waals surface area contributed by atoms with E-state index in [4.69, 9.17) is 16.3 Å². The predicted molar refractivity (Wildman–Crippen MR) is 114 cm³/mol. The van der Waals surface area contributed by atoms with Crippen LogP contribution in [0.15, 0.2) is 47.4 Å². The summed E-state index contributed by atoms with van der Waals surface area (Å²) in [6, 6.07) is 10.4. The summed E-state index contributed by atoms with van der Waals surface area (Å²) in [5, 5.41) is 2.92. The zero-order valence-corrected chi connectivity index (χ0v) is 18.3. The zero-order valence-electron chi connectivity index (χ0n) is 16.7. The van der Waals surface area contributed by atoms with Gasteiger partial charge in [0.05, 0.1) is 12.3 Å². The summed E-state index contributed by atoms with van der Waals surface area (Å²) in [6.07, 6.45) is 0.914. The number of aryl methyl sites for hydroxylation is 1. The van der Waals surface area contributed by atoms with Crippen molar-refractivity contribution in [3.63, 3.8) is 0 Å². The van der Waals surface area contributed by atoms with Crippen molar-refractivity contribution in [3.05, 3.63) is 58.6 Å². The maximum Gasteiger partial charge on any atom is 0.324 e. The van der Waals surface area contributed by atoms with Gasteiger partial charge in [0.2, 0.25) is 10.0 Å². The quantitative estimate of drug-likeness (QED) is 0.678. The van der Waals surface area contributed by atoms with Crippen LogP contribution in [-0.2, 0) is 19.6 Å². The van der Waals surface area contributed by atoms with E-state index in [9.17, 15) is 18.0 Å². The van der Waals surface area contributed by atoms with Gasteiger partial charge in [0.25, 0.3) is 5.91 Å². The number of rotatable bonds is 6. The first-order chi connectivity index (χ1) is 14.3. The van der Waals surface area contributed by atoms with E-state index in [1.807, 2.05) is 0 Å². The lowest BCUT2D eigenvalue weighted by molar-refractivity contribution is -0.146. The van der Waals surface area contributed by atoms with E-state index in [1.54, 1.807) is 44.2 Å². The van der Waals surface area contributed by atoms with Crippen molar-refractivity contribution in [2.75, 3.05) is 18.5 Å². The number of carbonyl (C=O) groups excluding carboxylic acids is 2. The van der Waals surface area contributed by atoms with E-state index in [-0.39, 0.29) is 28.8 Å². The summed E-state index contributed by atoms with van der Waals surface area (Å²) in [5.41, 5.74) is 1.11. The van der Waals surface area contributed by atoms with Gasteiger partial charge in [-0.05, 0) is 56.5 Å². The molecule has 1 amide bonds. The number of nitrogens with one attached hydrogen (secondary N) is 1. The summed E-state index contributed by atoms with van der Waals surface area (Å²) in [7, 11) is -4.12. The Morgan fingerprint density at radius 1 is 1.23 bits per heavy atom. The lowest BCUT2D eigenvalue weighted by Gasteiger charge is -2.24. The highest BCUT2D eigenvalue weighted by Crippen LogP contribution is 2.34.